The van der Waals surface area contributed by atoms with Crippen molar-refractivity contribution in [3.05, 3.63) is 48.0 Å². The van der Waals surface area contributed by atoms with E-state index in [0.717, 1.165) is 24.0 Å². The van der Waals surface area contributed by atoms with Crippen molar-refractivity contribution in [2.75, 3.05) is 6.54 Å². The van der Waals surface area contributed by atoms with Crippen molar-refractivity contribution in [2.24, 2.45) is 11.8 Å². The molecule has 3 atom stereocenters. The molecule has 0 heterocycles. The van der Waals surface area contributed by atoms with Crippen molar-refractivity contribution >= 4 is 17.3 Å². The highest BCUT2D eigenvalue weighted by Crippen LogP contribution is 2.38. The molecule has 2 bridgehead atoms. The first-order valence-electron chi connectivity index (χ1n) is 7.08. The summed E-state index contributed by atoms with van der Waals surface area (Å²) in [7, 11) is 0. The molecule has 3 heteroatoms. The minimum atomic E-state index is 0.548. The highest BCUT2D eigenvalue weighted by atomic mass is 32.1. The quantitative estimate of drug-likeness (QED) is 0.651. The fourth-order valence-electron chi connectivity index (χ4n) is 3.13. The van der Waals surface area contributed by atoms with E-state index < -0.39 is 0 Å². The van der Waals surface area contributed by atoms with Gasteiger partial charge in [-0.15, -0.1) is 0 Å². The maximum absolute atomic E-state index is 5.38. The lowest BCUT2D eigenvalue weighted by atomic mass is 10.0. The molecule has 1 aromatic rings. The second-order valence-corrected chi connectivity index (χ2v) is 5.93. The molecule has 2 aliphatic carbocycles. The second kappa shape index (κ2) is 5.74. The molecule has 0 radical (unpaired) electrons. The van der Waals surface area contributed by atoms with Crippen LogP contribution in [0.25, 0.3) is 0 Å². The van der Waals surface area contributed by atoms with Gasteiger partial charge in [-0.05, 0) is 48.9 Å². The van der Waals surface area contributed by atoms with Gasteiger partial charge >= 0.3 is 0 Å². The van der Waals surface area contributed by atoms with Gasteiger partial charge in [0.05, 0.1) is 0 Å². The number of thiocarbonyl (C=S) groups is 1. The van der Waals surface area contributed by atoms with E-state index in [9.17, 15) is 0 Å². The molecule has 1 fully saturated rings. The Morgan fingerprint density at radius 1 is 1.16 bits per heavy atom. The molecule has 0 spiro atoms. The first-order chi connectivity index (χ1) is 9.31. The molecule has 1 saturated carbocycles. The van der Waals surface area contributed by atoms with Gasteiger partial charge in [-0.1, -0.05) is 42.5 Å². The van der Waals surface area contributed by atoms with Crippen molar-refractivity contribution in [1.82, 2.24) is 10.6 Å². The van der Waals surface area contributed by atoms with Gasteiger partial charge in [0.25, 0.3) is 0 Å². The van der Waals surface area contributed by atoms with E-state index in [-0.39, 0.29) is 0 Å². The third-order valence-corrected chi connectivity index (χ3v) is 4.40. The molecule has 0 amide bonds. The van der Waals surface area contributed by atoms with Gasteiger partial charge in [0.2, 0.25) is 0 Å². The van der Waals surface area contributed by atoms with Crippen molar-refractivity contribution in [3.63, 3.8) is 0 Å². The van der Waals surface area contributed by atoms with Crippen LogP contribution in [-0.2, 0) is 6.42 Å². The van der Waals surface area contributed by atoms with Gasteiger partial charge in [-0.2, -0.15) is 0 Å². The van der Waals surface area contributed by atoms with Gasteiger partial charge in [-0.3, -0.25) is 0 Å². The maximum Gasteiger partial charge on any atom is 0.166 e. The van der Waals surface area contributed by atoms with E-state index in [1.54, 1.807) is 0 Å². The fraction of sp³-hybridized carbons (Fsp3) is 0.438. The Morgan fingerprint density at radius 2 is 2.00 bits per heavy atom. The summed E-state index contributed by atoms with van der Waals surface area (Å²) < 4.78 is 0. The molecule has 100 valence electrons. The molecule has 0 unspecified atom stereocenters. The van der Waals surface area contributed by atoms with Crippen LogP contribution in [0.5, 0.6) is 0 Å². The summed E-state index contributed by atoms with van der Waals surface area (Å²) in [5.74, 6) is 1.48. The molecule has 0 saturated heterocycles. The van der Waals surface area contributed by atoms with Crippen LogP contribution in [0.3, 0.4) is 0 Å². The van der Waals surface area contributed by atoms with Crippen molar-refractivity contribution in [1.29, 1.82) is 0 Å². The number of hydrogen-bond acceptors (Lipinski definition) is 1. The predicted molar refractivity (Wildman–Crippen MR) is 83.0 cm³/mol. The number of rotatable bonds is 4. The van der Waals surface area contributed by atoms with E-state index in [2.05, 4.69) is 47.1 Å². The minimum absolute atomic E-state index is 0.548. The number of hydrogen-bond donors (Lipinski definition) is 2. The highest BCUT2D eigenvalue weighted by Gasteiger charge is 2.35. The number of benzene rings is 1. The van der Waals surface area contributed by atoms with E-state index in [0.29, 0.717) is 12.0 Å². The Hall–Kier alpha value is -1.35. The fourth-order valence-corrected chi connectivity index (χ4v) is 3.38. The monoisotopic (exact) mass is 272 g/mol. The van der Waals surface area contributed by atoms with E-state index >= 15 is 0 Å². The third kappa shape index (κ3) is 3.16. The van der Waals surface area contributed by atoms with Crippen LogP contribution in [0.4, 0.5) is 0 Å². The summed E-state index contributed by atoms with van der Waals surface area (Å²) in [6.45, 7) is 0.895. The molecule has 0 aliphatic heterocycles. The minimum Gasteiger partial charge on any atom is -0.362 e. The van der Waals surface area contributed by atoms with Gasteiger partial charge in [0.15, 0.2) is 5.11 Å². The normalized spacial score (nSPS) is 27.5. The summed E-state index contributed by atoms with van der Waals surface area (Å²) in [4.78, 5) is 0. The zero-order valence-corrected chi connectivity index (χ0v) is 11.8. The summed E-state index contributed by atoms with van der Waals surface area (Å²) >= 11 is 5.38. The molecule has 2 N–H and O–H groups in total. The maximum atomic E-state index is 5.38. The number of fused-ring (bicyclic) bond motifs is 2. The summed E-state index contributed by atoms with van der Waals surface area (Å²) in [6, 6.07) is 11.1. The first-order valence-corrected chi connectivity index (χ1v) is 7.49. The van der Waals surface area contributed by atoms with Crippen LogP contribution in [0.15, 0.2) is 42.5 Å². The smallest absolute Gasteiger partial charge is 0.166 e. The largest absolute Gasteiger partial charge is 0.362 e. The Bertz CT molecular complexity index is 469. The number of nitrogens with one attached hydrogen (secondary N) is 2. The van der Waals surface area contributed by atoms with Crippen molar-refractivity contribution in [2.45, 2.75) is 25.3 Å². The topological polar surface area (TPSA) is 24.1 Å². The van der Waals surface area contributed by atoms with E-state index in [1.807, 2.05) is 6.07 Å². The first kappa shape index (κ1) is 12.7. The third-order valence-electron chi connectivity index (χ3n) is 4.14. The highest BCUT2D eigenvalue weighted by molar-refractivity contribution is 7.80. The molecular formula is C16H20N2S. The van der Waals surface area contributed by atoms with E-state index in [4.69, 9.17) is 12.2 Å². The van der Waals surface area contributed by atoms with Gasteiger partial charge in [-0.25, -0.2) is 0 Å². The van der Waals surface area contributed by atoms with Gasteiger partial charge in [0, 0.05) is 12.6 Å². The van der Waals surface area contributed by atoms with Crippen LogP contribution in [-0.4, -0.2) is 17.7 Å². The Labute approximate surface area is 120 Å². The molecule has 19 heavy (non-hydrogen) atoms. The second-order valence-electron chi connectivity index (χ2n) is 5.52. The lowest BCUT2D eigenvalue weighted by molar-refractivity contribution is 0.520. The standard InChI is InChI=1S/C16H20N2S/c19-16(17-9-8-12-4-2-1-3-5-12)18-15-11-13-6-7-14(15)10-13/h1-7,13-15H,8-11H2,(H2,17,18,19)/t13-,14-,15-/m1/s1. The molecule has 1 aromatic carbocycles. The van der Waals surface area contributed by atoms with Crippen LogP contribution in [0, 0.1) is 11.8 Å². The van der Waals surface area contributed by atoms with E-state index in [1.165, 1.54) is 18.4 Å². The predicted octanol–water partition coefficient (Wildman–Crippen LogP) is 2.66. The van der Waals surface area contributed by atoms with Gasteiger partial charge in [0.1, 0.15) is 0 Å². The average Bonchev–Trinajstić information content (AvgIpc) is 3.02. The lowest BCUT2D eigenvalue weighted by Gasteiger charge is -2.21. The summed E-state index contributed by atoms with van der Waals surface area (Å²) in [5, 5.41) is 7.59. The average molecular weight is 272 g/mol. The summed E-state index contributed by atoms with van der Waals surface area (Å²) in [6.07, 6.45) is 8.26. The van der Waals surface area contributed by atoms with Crippen LogP contribution >= 0.6 is 12.2 Å². The van der Waals surface area contributed by atoms with Gasteiger partial charge < -0.3 is 10.6 Å². The Balaban J connectivity index is 1.39. The molecule has 2 aliphatic rings. The van der Waals surface area contributed by atoms with Crippen LogP contribution in [0.1, 0.15) is 18.4 Å². The van der Waals surface area contributed by atoms with Crippen molar-refractivity contribution in [3.8, 4) is 0 Å². The zero-order chi connectivity index (χ0) is 13.1. The lowest BCUT2D eigenvalue weighted by Crippen LogP contribution is -2.44. The molecular weight excluding hydrogens is 252 g/mol. The molecule has 2 nitrogen and oxygen atoms in total. The zero-order valence-electron chi connectivity index (χ0n) is 11.0. The van der Waals surface area contributed by atoms with Crippen molar-refractivity contribution < 1.29 is 0 Å². The van der Waals surface area contributed by atoms with Crippen LogP contribution in [0.2, 0.25) is 0 Å². The molecule has 3 rings (SSSR count). The Kier molecular flexibility index (Phi) is 3.83. The Morgan fingerprint density at radius 3 is 2.68 bits per heavy atom. The SMILES string of the molecule is S=C(NCCc1ccccc1)N[C@@H]1C[C@@H]2C=C[C@@H]1C2. The van der Waals surface area contributed by atoms with Crippen LogP contribution < -0.4 is 10.6 Å². The molecule has 0 aromatic heterocycles. The number of allylic oxidation sites excluding steroid dienone is 1. The summed E-state index contributed by atoms with van der Waals surface area (Å²) in [5.41, 5.74) is 1.35.